The van der Waals surface area contributed by atoms with Crippen LogP contribution in [0.4, 0.5) is 8.78 Å². The molecule has 0 saturated heterocycles. The van der Waals surface area contributed by atoms with Gasteiger partial charge in [0.05, 0.1) is 0 Å². The third-order valence-corrected chi connectivity index (χ3v) is 5.03. The summed E-state index contributed by atoms with van der Waals surface area (Å²) in [7, 11) is 0. The smallest absolute Gasteiger partial charge is 0.129 e. The summed E-state index contributed by atoms with van der Waals surface area (Å²) in [6, 6.07) is 11.4. The summed E-state index contributed by atoms with van der Waals surface area (Å²) in [4.78, 5) is 1.07. The van der Waals surface area contributed by atoms with Gasteiger partial charge in [0.15, 0.2) is 0 Å². The van der Waals surface area contributed by atoms with Crippen molar-refractivity contribution in [1.82, 2.24) is 0 Å². The van der Waals surface area contributed by atoms with Gasteiger partial charge in [0.1, 0.15) is 11.6 Å². The van der Waals surface area contributed by atoms with E-state index >= 15 is 0 Å². The van der Waals surface area contributed by atoms with Crippen molar-refractivity contribution in [3.63, 3.8) is 0 Å². The zero-order chi connectivity index (χ0) is 14.5. The highest BCUT2D eigenvalue weighted by atomic mass is 79.9. The van der Waals surface area contributed by atoms with E-state index in [2.05, 4.69) is 15.9 Å². The summed E-state index contributed by atoms with van der Waals surface area (Å²) in [6.07, 6.45) is 0.190. The van der Waals surface area contributed by atoms with Crippen LogP contribution in [-0.2, 0) is 6.42 Å². The fraction of sp³-hybridized carbons (Fsp3) is 0.200. The van der Waals surface area contributed by atoms with Gasteiger partial charge >= 0.3 is 0 Å². The predicted octanol–water partition coefficient (Wildman–Crippen LogP) is 4.39. The van der Waals surface area contributed by atoms with Crippen LogP contribution >= 0.6 is 27.7 Å². The lowest BCUT2D eigenvalue weighted by molar-refractivity contribution is 0.543. The minimum atomic E-state index is -0.536. The van der Waals surface area contributed by atoms with Crippen molar-refractivity contribution in [2.24, 2.45) is 5.73 Å². The molecular weight excluding hydrogens is 344 g/mol. The number of hydrogen-bond acceptors (Lipinski definition) is 2. The quantitative estimate of drug-likeness (QED) is 0.803. The fourth-order valence-corrected chi connectivity index (χ4v) is 3.33. The van der Waals surface area contributed by atoms with E-state index in [1.54, 1.807) is 11.8 Å². The molecule has 2 aromatic rings. The van der Waals surface area contributed by atoms with Crippen molar-refractivity contribution in [3.05, 3.63) is 64.1 Å². The van der Waals surface area contributed by atoms with E-state index in [4.69, 9.17) is 5.73 Å². The Bertz CT molecular complexity index is 572. The summed E-state index contributed by atoms with van der Waals surface area (Å²) < 4.78 is 28.1. The minimum absolute atomic E-state index is 0.0627. The summed E-state index contributed by atoms with van der Waals surface area (Å²) in [5.74, 6) is -0.478. The molecule has 0 aliphatic carbocycles. The lowest BCUT2D eigenvalue weighted by Crippen LogP contribution is -2.26. The van der Waals surface area contributed by atoms with Gasteiger partial charge in [-0.1, -0.05) is 18.2 Å². The maximum Gasteiger partial charge on any atom is 0.129 e. The molecule has 1 nitrogen and oxygen atoms in total. The van der Waals surface area contributed by atoms with Gasteiger partial charge < -0.3 is 5.73 Å². The monoisotopic (exact) mass is 357 g/mol. The Labute approximate surface area is 129 Å². The average Bonchev–Trinajstić information content (AvgIpc) is 2.42. The molecule has 0 fully saturated rings. The van der Waals surface area contributed by atoms with Crippen LogP contribution in [-0.4, -0.2) is 11.8 Å². The highest BCUT2D eigenvalue weighted by Crippen LogP contribution is 2.27. The van der Waals surface area contributed by atoms with E-state index in [1.807, 2.05) is 24.3 Å². The second-order valence-electron chi connectivity index (χ2n) is 4.41. The van der Waals surface area contributed by atoms with Gasteiger partial charge in [-0.2, -0.15) is 0 Å². The lowest BCUT2D eigenvalue weighted by Gasteiger charge is -2.13. The summed E-state index contributed by atoms with van der Waals surface area (Å²) in [5.41, 5.74) is 6.03. The van der Waals surface area contributed by atoms with Gasteiger partial charge in [-0.3, -0.25) is 0 Å². The zero-order valence-electron chi connectivity index (χ0n) is 10.7. The average molecular weight is 358 g/mol. The first-order valence-electron chi connectivity index (χ1n) is 6.13. The van der Waals surface area contributed by atoms with Crippen LogP contribution in [0.15, 0.2) is 51.8 Å². The van der Waals surface area contributed by atoms with Gasteiger partial charge in [0.25, 0.3) is 0 Å². The first kappa shape index (κ1) is 15.5. The summed E-state index contributed by atoms with van der Waals surface area (Å²) in [6.45, 7) is 0. The van der Waals surface area contributed by atoms with Crippen molar-refractivity contribution < 1.29 is 8.78 Å². The molecule has 0 radical (unpaired) electrons. The van der Waals surface area contributed by atoms with E-state index in [-0.39, 0.29) is 18.0 Å². The SMILES string of the molecule is NC(CSc1ccccc1Br)Cc1c(F)cccc1F. The molecule has 1 unspecified atom stereocenters. The van der Waals surface area contributed by atoms with Crippen molar-refractivity contribution in [1.29, 1.82) is 0 Å². The molecule has 2 rings (SSSR count). The van der Waals surface area contributed by atoms with Gasteiger partial charge in [0.2, 0.25) is 0 Å². The fourth-order valence-electron chi connectivity index (χ4n) is 1.81. The van der Waals surface area contributed by atoms with Crippen molar-refractivity contribution >= 4 is 27.7 Å². The maximum atomic E-state index is 13.5. The van der Waals surface area contributed by atoms with Crippen LogP contribution in [0.25, 0.3) is 0 Å². The molecule has 0 saturated carbocycles. The van der Waals surface area contributed by atoms with Crippen molar-refractivity contribution in [2.45, 2.75) is 17.4 Å². The molecule has 0 spiro atoms. The highest BCUT2D eigenvalue weighted by Gasteiger charge is 2.13. The molecule has 0 amide bonds. The van der Waals surface area contributed by atoms with E-state index in [9.17, 15) is 8.78 Å². The molecule has 2 N–H and O–H groups in total. The standard InChI is InChI=1S/C15H14BrF2NS/c16-12-4-1-2-7-15(12)20-9-10(19)8-11-13(17)5-3-6-14(11)18/h1-7,10H,8-9,19H2. The number of nitrogens with two attached hydrogens (primary N) is 1. The number of halogens is 3. The molecule has 0 aromatic heterocycles. The van der Waals surface area contributed by atoms with Gasteiger partial charge in [-0.15, -0.1) is 11.8 Å². The lowest BCUT2D eigenvalue weighted by atomic mass is 10.1. The molecule has 20 heavy (non-hydrogen) atoms. The molecule has 0 aliphatic heterocycles. The van der Waals surface area contributed by atoms with Gasteiger partial charge in [0, 0.05) is 26.7 Å². The van der Waals surface area contributed by atoms with Crippen molar-refractivity contribution in [3.8, 4) is 0 Å². The minimum Gasteiger partial charge on any atom is -0.327 e. The molecular formula is C15H14BrF2NS. The molecule has 106 valence electrons. The largest absolute Gasteiger partial charge is 0.327 e. The molecule has 2 aromatic carbocycles. The molecule has 1 atom stereocenters. The Morgan fingerprint density at radius 3 is 2.35 bits per heavy atom. The molecule has 5 heteroatoms. The maximum absolute atomic E-state index is 13.5. The van der Waals surface area contributed by atoms with E-state index in [1.165, 1.54) is 18.2 Å². The third kappa shape index (κ3) is 4.04. The van der Waals surface area contributed by atoms with E-state index < -0.39 is 11.6 Å². The van der Waals surface area contributed by atoms with Crippen molar-refractivity contribution in [2.75, 3.05) is 5.75 Å². The van der Waals surface area contributed by atoms with Crippen LogP contribution in [0, 0.1) is 11.6 Å². The van der Waals surface area contributed by atoms with Crippen LogP contribution in [0.3, 0.4) is 0 Å². The van der Waals surface area contributed by atoms with Crippen LogP contribution in [0.2, 0.25) is 0 Å². The Morgan fingerprint density at radius 2 is 1.70 bits per heavy atom. The number of thioether (sulfide) groups is 1. The summed E-state index contributed by atoms with van der Waals surface area (Å²) in [5, 5.41) is 0. The Hall–Kier alpha value is -0.910. The molecule has 0 heterocycles. The first-order valence-corrected chi connectivity index (χ1v) is 7.91. The Kier molecular flexibility index (Phi) is 5.57. The molecule has 0 aliphatic rings. The summed E-state index contributed by atoms with van der Waals surface area (Å²) >= 11 is 5.02. The topological polar surface area (TPSA) is 26.0 Å². The number of hydrogen-bond donors (Lipinski definition) is 1. The predicted molar refractivity (Wildman–Crippen MR) is 82.9 cm³/mol. The van der Waals surface area contributed by atoms with Crippen LogP contribution < -0.4 is 5.73 Å². The van der Waals surface area contributed by atoms with Crippen LogP contribution in [0.5, 0.6) is 0 Å². The van der Waals surface area contributed by atoms with Gasteiger partial charge in [-0.05, 0) is 46.6 Å². The van der Waals surface area contributed by atoms with E-state index in [0.29, 0.717) is 5.75 Å². The second-order valence-corrected chi connectivity index (χ2v) is 6.32. The third-order valence-electron chi connectivity index (χ3n) is 2.82. The highest BCUT2D eigenvalue weighted by molar-refractivity contribution is 9.10. The second kappa shape index (κ2) is 7.20. The molecule has 0 bridgehead atoms. The van der Waals surface area contributed by atoms with Gasteiger partial charge in [-0.25, -0.2) is 8.78 Å². The van der Waals surface area contributed by atoms with Crippen LogP contribution in [0.1, 0.15) is 5.56 Å². The Balaban J connectivity index is 1.96. The number of benzene rings is 2. The normalized spacial score (nSPS) is 12.4. The number of rotatable bonds is 5. The van der Waals surface area contributed by atoms with E-state index in [0.717, 1.165) is 9.37 Å². The Morgan fingerprint density at radius 1 is 1.05 bits per heavy atom. The first-order chi connectivity index (χ1) is 9.58. The zero-order valence-corrected chi connectivity index (χ0v) is 13.1.